The van der Waals surface area contributed by atoms with Crippen LogP contribution >= 0.6 is 23.2 Å². The molecule has 27 heavy (non-hydrogen) atoms. The fraction of sp³-hybridized carbons (Fsp3) is 0.158. The fourth-order valence-corrected chi connectivity index (χ4v) is 5.59. The largest absolute Gasteiger partial charge is 0.348 e. The summed E-state index contributed by atoms with van der Waals surface area (Å²) in [5.41, 5.74) is 1.37. The number of rotatable bonds is 3. The third-order valence-electron chi connectivity index (χ3n) is 4.67. The number of hydrogen-bond acceptors (Lipinski definition) is 2. The van der Waals surface area contributed by atoms with Crippen LogP contribution < -0.4 is 0 Å². The van der Waals surface area contributed by atoms with Crippen LogP contribution in [0.4, 0.5) is 4.39 Å². The van der Waals surface area contributed by atoms with E-state index in [9.17, 15) is 12.8 Å². The van der Waals surface area contributed by atoms with E-state index in [1.165, 1.54) is 22.5 Å². The van der Waals surface area contributed by atoms with E-state index in [2.05, 4.69) is 0 Å². The molecule has 8 heteroatoms. The molecule has 0 spiro atoms. The van der Waals surface area contributed by atoms with Crippen LogP contribution in [0.2, 0.25) is 10.0 Å². The van der Waals surface area contributed by atoms with Gasteiger partial charge < -0.3 is 4.57 Å². The predicted octanol–water partition coefficient (Wildman–Crippen LogP) is 4.73. The average molecular weight is 425 g/mol. The summed E-state index contributed by atoms with van der Waals surface area (Å²) in [4.78, 5) is -0.347. The van der Waals surface area contributed by atoms with Crippen molar-refractivity contribution >= 4 is 33.2 Å². The SMILES string of the molecule is O=S(=O)(c1ccccc1F)N1CCn2cccc2C1c1ccc(Cl)cc1Cl. The number of nitrogens with zero attached hydrogens (tertiary/aromatic N) is 2. The Kier molecular flexibility index (Phi) is 4.76. The zero-order valence-corrected chi connectivity index (χ0v) is 16.3. The van der Waals surface area contributed by atoms with Gasteiger partial charge in [0.25, 0.3) is 0 Å². The molecule has 1 atom stereocenters. The molecule has 0 saturated heterocycles. The molecule has 1 unspecified atom stereocenters. The first-order valence-electron chi connectivity index (χ1n) is 8.26. The van der Waals surface area contributed by atoms with Gasteiger partial charge in [-0.15, -0.1) is 0 Å². The third-order valence-corrected chi connectivity index (χ3v) is 7.13. The second-order valence-electron chi connectivity index (χ2n) is 6.24. The van der Waals surface area contributed by atoms with Crippen LogP contribution in [0.3, 0.4) is 0 Å². The molecular formula is C19H15Cl2FN2O2S. The molecular weight excluding hydrogens is 410 g/mol. The normalized spacial score (nSPS) is 17.7. The van der Waals surface area contributed by atoms with Gasteiger partial charge in [-0.05, 0) is 42.0 Å². The maximum atomic E-state index is 14.3. The van der Waals surface area contributed by atoms with Gasteiger partial charge in [-0.25, -0.2) is 12.8 Å². The number of benzene rings is 2. The van der Waals surface area contributed by atoms with E-state index in [0.717, 1.165) is 11.8 Å². The molecule has 0 radical (unpaired) electrons. The summed E-state index contributed by atoms with van der Waals surface area (Å²) in [5, 5.41) is 0.814. The van der Waals surface area contributed by atoms with Crippen molar-refractivity contribution in [3.8, 4) is 0 Å². The van der Waals surface area contributed by atoms with E-state index in [-0.39, 0.29) is 11.4 Å². The Balaban J connectivity index is 1.90. The summed E-state index contributed by atoms with van der Waals surface area (Å²) in [5.74, 6) is -0.778. The van der Waals surface area contributed by atoms with Gasteiger partial charge in [-0.1, -0.05) is 41.4 Å². The van der Waals surface area contributed by atoms with E-state index >= 15 is 0 Å². The van der Waals surface area contributed by atoms with E-state index in [0.29, 0.717) is 22.2 Å². The Labute approximate surface area is 166 Å². The summed E-state index contributed by atoms with van der Waals surface area (Å²) < 4.78 is 44.2. The minimum atomic E-state index is -4.08. The second kappa shape index (κ2) is 6.95. The van der Waals surface area contributed by atoms with Crippen molar-refractivity contribution in [2.75, 3.05) is 6.54 Å². The fourth-order valence-electron chi connectivity index (χ4n) is 3.44. The highest BCUT2D eigenvalue weighted by Gasteiger charge is 2.39. The van der Waals surface area contributed by atoms with E-state index in [1.54, 1.807) is 18.2 Å². The summed E-state index contributed by atoms with van der Waals surface area (Å²) >= 11 is 12.4. The van der Waals surface area contributed by atoms with Crippen LogP contribution in [-0.2, 0) is 16.6 Å². The summed E-state index contributed by atoms with van der Waals surface area (Å²) in [7, 11) is -4.08. The first-order chi connectivity index (χ1) is 12.9. The molecule has 4 rings (SSSR count). The number of fused-ring (bicyclic) bond motifs is 1. The lowest BCUT2D eigenvalue weighted by atomic mass is 10.0. The monoisotopic (exact) mass is 424 g/mol. The van der Waals surface area contributed by atoms with Gasteiger partial charge in [-0.3, -0.25) is 0 Å². The van der Waals surface area contributed by atoms with Crippen LogP contribution in [0, 0.1) is 5.82 Å². The summed E-state index contributed by atoms with van der Waals surface area (Å²) in [6.45, 7) is 0.666. The molecule has 2 aromatic carbocycles. The van der Waals surface area contributed by atoms with Crippen molar-refractivity contribution in [1.29, 1.82) is 0 Å². The lowest BCUT2D eigenvalue weighted by Gasteiger charge is -2.36. The Bertz CT molecular complexity index is 1110. The molecule has 1 aliphatic heterocycles. The molecule has 0 N–H and O–H groups in total. The van der Waals surface area contributed by atoms with Crippen LogP contribution in [0.15, 0.2) is 65.7 Å². The van der Waals surface area contributed by atoms with Crippen LogP contribution in [0.1, 0.15) is 17.3 Å². The molecule has 0 fully saturated rings. The highest BCUT2D eigenvalue weighted by molar-refractivity contribution is 7.89. The van der Waals surface area contributed by atoms with Crippen molar-refractivity contribution in [2.45, 2.75) is 17.5 Å². The Morgan fingerprint density at radius 3 is 2.52 bits per heavy atom. The van der Waals surface area contributed by atoms with Gasteiger partial charge in [-0.2, -0.15) is 4.31 Å². The molecule has 1 aliphatic rings. The molecule has 1 aromatic heterocycles. The minimum Gasteiger partial charge on any atom is -0.348 e. The van der Waals surface area contributed by atoms with E-state index in [1.807, 2.05) is 22.9 Å². The molecule has 0 saturated carbocycles. The minimum absolute atomic E-state index is 0.196. The molecule has 0 amide bonds. The Morgan fingerprint density at radius 2 is 1.78 bits per heavy atom. The van der Waals surface area contributed by atoms with Crippen molar-refractivity contribution < 1.29 is 12.8 Å². The van der Waals surface area contributed by atoms with E-state index < -0.39 is 21.9 Å². The molecule has 0 aliphatic carbocycles. The van der Waals surface area contributed by atoms with Gasteiger partial charge in [0.05, 0.1) is 6.04 Å². The van der Waals surface area contributed by atoms with Gasteiger partial charge >= 0.3 is 0 Å². The maximum Gasteiger partial charge on any atom is 0.246 e. The van der Waals surface area contributed by atoms with Crippen molar-refractivity contribution in [1.82, 2.24) is 8.87 Å². The Morgan fingerprint density at radius 1 is 1.00 bits per heavy atom. The first kappa shape index (κ1) is 18.5. The molecule has 2 heterocycles. The average Bonchev–Trinajstić information content (AvgIpc) is 3.10. The molecule has 0 bridgehead atoms. The molecule has 3 aromatic rings. The van der Waals surface area contributed by atoms with Crippen LogP contribution in [0.5, 0.6) is 0 Å². The summed E-state index contributed by atoms with van der Waals surface area (Å²) in [6, 6.07) is 13.4. The smallest absolute Gasteiger partial charge is 0.246 e. The number of hydrogen-bond donors (Lipinski definition) is 0. The number of sulfonamides is 1. The topological polar surface area (TPSA) is 42.3 Å². The zero-order valence-electron chi connectivity index (χ0n) is 14.0. The lowest BCUT2D eigenvalue weighted by molar-refractivity contribution is 0.297. The number of halogens is 3. The van der Waals surface area contributed by atoms with Crippen molar-refractivity contribution in [2.24, 2.45) is 0 Å². The zero-order chi connectivity index (χ0) is 19.2. The predicted molar refractivity (Wildman–Crippen MR) is 103 cm³/mol. The number of aromatic nitrogens is 1. The van der Waals surface area contributed by atoms with Gasteiger partial charge in [0.2, 0.25) is 10.0 Å². The van der Waals surface area contributed by atoms with Crippen LogP contribution in [0.25, 0.3) is 0 Å². The quantitative estimate of drug-likeness (QED) is 0.609. The highest BCUT2D eigenvalue weighted by Crippen LogP contribution is 2.40. The second-order valence-corrected chi connectivity index (χ2v) is 8.94. The third kappa shape index (κ3) is 3.17. The van der Waals surface area contributed by atoms with Gasteiger partial charge in [0.1, 0.15) is 10.7 Å². The maximum absolute atomic E-state index is 14.3. The molecule has 4 nitrogen and oxygen atoms in total. The lowest BCUT2D eigenvalue weighted by Crippen LogP contribution is -2.42. The van der Waals surface area contributed by atoms with E-state index in [4.69, 9.17) is 23.2 Å². The highest BCUT2D eigenvalue weighted by atomic mass is 35.5. The summed E-state index contributed by atoms with van der Waals surface area (Å²) in [6.07, 6.45) is 1.89. The van der Waals surface area contributed by atoms with Crippen molar-refractivity contribution in [3.05, 3.63) is 87.9 Å². The van der Waals surface area contributed by atoms with Gasteiger partial charge in [0, 0.05) is 35.0 Å². The van der Waals surface area contributed by atoms with Crippen LogP contribution in [-0.4, -0.2) is 23.8 Å². The molecule has 140 valence electrons. The van der Waals surface area contributed by atoms with Crippen molar-refractivity contribution in [3.63, 3.8) is 0 Å². The van der Waals surface area contributed by atoms with Gasteiger partial charge in [0.15, 0.2) is 0 Å². The first-order valence-corrected chi connectivity index (χ1v) is 10.5. The standard InChI is InChI=1S/C19H15Cl2FN2O2S/c20-13-7-8-14(15(21)12-13)19-17-5-3-9-23(17)10-11-24(19)27(25,26)18-6-2-1-4-16(18)22/h1-9,12,19H,10-11H2. The Hall–Kier alpha value is -1.86.